The number of aliphatic hydroxyl groups is 1. The van der Waals surface area contributed by atoms with E-state index in [0.29, 0.717) is 5.02 Å². The third-order valence-corrected chi connectivity index (χ3v) is 4.06. The predicted octanol–water partition coefficient (Wildman–Crippen LogP) is 4.58. The van der Waals surface area contributed by atoms with Crippen LogP contribution >= 0.6 is 11.6 Å². The molecule has 0 aliphatic carbocycles. The summed E-state index contributed by atoms with van der Waals surface area (Å²) in [5.74, 6) is 0. The zero-order valence-electron chi connectivity index (χ0n) is 13.0. The van der Waals surface area contributed by atoms with Gasteiger partial charge >= 0.3 is 0 Å². The Kier molecular flexibility index (Phi) is 4.60. The fourth-order valence-corrected chi connectivity index (χ4v) is 3.21. The van der Waals surface area contributed by atoms with E-state index < -0.39 is 5.54 Å². The van der Waals surface area contributed by atoms with Crippen molar-refractivity contribution in [3.8, 4) is 0 Å². The molecule has 0 heterocycles. The number of anilines is 1. The monoisotopic (exact) mass is 303 g/mol. The van der Waals surface area contributed by atoms with Crippen LogP contribution in [0, 0.1) is 20.8 Å². The van der Waals surface area contributed by atoms with E-state index in [4.69, 9.17) is 11.6 Å². The maximum Gasteiger partial charge on any atom is 0.0833 e. The van der Waals surface area contributed by atoms with Crippen LogP contribution in [0.25, 0.3) is 0 Å². The molecule has 112 valence electrons. The molecule has 2 aromatic rings. The Morgan fingerprint density at radius 1 is 1.05 bits per heavy atom. The predicted molar refractivity (Wildman–Crippen MR) is 90.2 cm³/mol. The van der Waals surface area contributed by atoms with Crippen molar-refractivity contribution in [3.05, 3.63) is 63.7 Å². The van der Waals surface area contributed by atoms with E-state index in [1.807, 2.05) is 31.2 Å². The lowest BCUT2D eigenvalue weighted by atomic mass is 9.84. The van der Waals surface area contributed by atoms with Crippen LogP contribution in [0.15, 0.2) is 36.4 Å². The van der Waals surface area contributed by atoms with Crippen LogP contribution in [0.3, 0.4) is 0 Å². The van der Waals surface area contributed by atoms with E-state index in [-0.39, 0.29) is 6.61 Å². The van der Waals surface area contributed by atoms with Gasteiger partial charge in [-0.1, -0.05) is 29.3 Å². The van der Waals surface area contributed by atoms with Crippen LogP contribution in [-0.2, 0) is 5.54 Å². The molecule has 2 aromatic carbocycles. The van der Waals surface area contributed by atoms with Gasteiger partial charge in [0, 0.05) is 10.7 Å². The van der Waals surface area contributed by atoms with Crippen LogP contribution in [0.5, 0.6) is 0 Å². The third kappa shape index (κ3) is 3.39. The van der Waals surface area contributed by atoms with E-state index in [1.54, 1.807) is 0 Å². The minimum absolute atomic E-state index is 0.0143. The molecule has 1 atom stereocenters. The molecule has 0 aromatic heterocycles. The summed E-state index contributed by atoms with van der Waals surface area (Å²) < 4.78 is 0. The molecule has 2 rings (SSSR count). The lowest BCUT2D eigenvalue weighted by Gasteiger charge is -2.33. The van der Waals surface area contributed by atoms with Gasteiger partial charge in [0.25, 0.3) is 0 Å². The van der Waals surface area contributed by atoms with E-state index in [9.17, 15) is 5.11 Å². The summed E-state index contributed by atoms with van der Waals surface area (Å²) in [6, 6.07) is 11.8. The highest BCUT2D eigenvalue weighted by Gasteiger charge is 2.29. The summed E-state index contributed by atoms with van der Waals surface area (Å²) in [6.07, 6.45) is 0. The summed E-state index contributed by atoms with van der Waals surface area (Å²) in [6.45, 7) is 8.30. The van der Waals surface area contributed by atoms with Gasteiger partial charge in [0.05, 0.1) is 12.1 Å². The van der Waals surface area contributed by atoms with Crippen molar-refractivity contribution in [1.82, 2.24) is 0 Å². The van der Waals surface area contributed by atoms with Crippen molar-refractivity contribution in [3.63, 3.8) is 0 Å². The summed E-state index contributed by atoms with van der Waals surface area (Å²) in [7, 11) is 0. The van der Waals surface area contributed by atoms with Crippen molar-refractivity contribution < 1.29 is 5.11 Å². The zero-order valence-corrected chi connectivity index (χ0v) is 13.8. The van der Waals surface area contributed by atoms with E-state index in [2.05, 4.69) is 38.2 Å². The average Bonchev–Trinajstić information content (AvgIpc) is 2.40. The number of hydrogen-bond acceptors (Lipinski definition) is 2. The highest BCUT2D eigenvalue weighted by atomic mass is 35.5. The summed E-state index contributed by atoms with van der Waals surface area (Å²) in [4.78, 5) is 0. The molecule has 0 aliphatic rings. The Hall–Kier alpha value is -1.51. The number of aliphatic hydroxyl groups excluding tert-OH is 1. The lowest BCUT2D eigenvalue weighted by Crippen LogP contribution is -2.37. The zero-order chi connectivity index (χ0) is 15.6. The van der Waals surface area contributed by atoms with Crippen molar-refractivity contribution in [1.29, 1.82) is 0 Å². The van der Waals surface area contributed by atoms with Crippen LogP contribution < -0.4 is 5.32 Å². The maximum absolute atomic E-state index is 9.98. The number of benzene rings is 2. The molecular weight excluding hydrogens is 282 g/mol. The minimum atomic E-state index is -0.532. The molecule has 0 amide bonds. The highest BCUT2D eigenvalue weighted by Crippen LogP contribution is 2.32. The quantitative estimate of drug-likeness (QED) is 0.866. The van der Waals surface area contributed by atoms with Crippen molar-refractivity contribution in [2.24, 2.45) is 0 Å². The van der Waals surface area contributed by atoms with Gasteiger partial charge in [-0.3, -0.25) is 0 Å². The first-order valence-corrected chi connectivity index (χ1v) is 7.46. The van der Waals surface area contributed by atoms with Gasteiger partial charge in [-0.2, -0.15) is 0 Å². The van der Waals surface area contributed by atoms with Gasteiger partial charge in [0.1, 0.15) is 0 Å². The molecule has 1 unspecified atom stereocenters. The molecule has 0 saturated heterocycles. The standard InChI is InChI=1S/C18H22ClNO/c1-12-9-13(2)17(14(3)10-12)18(4,11-21)20-16-7-5-15(19)6-8-16/h5-10,20-21H,11H2,1-4H3. The second-order valence-corrected chi connectivity index (χ2v) is 6.33. The highest BCUT2D eigenvalue weighted by molar-refractivity contribution is 6.30. The number of nitrogens with one attached hydrogen (secondary N) is 1. The topological polar surface area (TPSA) is 32.3 Å². The number of halogens is 1. The molecular formula is C18H22ClNO. The molecule has 0 spiro atoms. The van der Waals surface area contributed by atoms with Gasteiger partial charge < -0.3 is 10.4 Å². The first-order chi connectivity index (χ1) is 9.85. The van der Waals surface area contributed by atoms with Crippen molar-refractivity contribution >= 4 is 17.3 Å². The second kappa shape index (κ2) is 6.08. The van der Waals surface area contributed by atoms with Gasteiger partial charge in [-0.15, -0.1) is 0 Å². The molecule has 2 N–H and O–H groups in total. The third-order valence-electron chi connectivity index (χ3n) is 3.81. The number of rotatable bonds is 4. The molecule has 3 heteroatoms. The van der Waals surface area contributed by atoms with E-state index >= 15 is 0 Å². The summed E-state index contributed by atoms with van der Waals surface area (Å²) >= 11 is 5.92. The maximum atomic E-state index is 9.98. The normalized spacial score (nSPS) is 13.8. The van der Waals surface area contributed by atoms with Crippen molar-refractivity contribution in [2.75, 3.05) is 11.9 Å². The molecule has 2 nitrogen and oxygen atoms in total. The van der Waals surface area contributed by atoms with Gasteiger partial charge in [0.2, 0.25) is 0 Å². The molecule has 0 radical (unpaired) electrons. The van der Waals surface area contributed by atoms with Crippen LogP contribution in [0.2, 0.25) is 5.02 Å². The first kappa shape index (κ1) is 15.9. The van der Waals surface area contributed by atoms with Crippen molar-refractivity contribution in [2.45, 2.75) is 33.2 Å². The second-order valence-electron chi connectivity index (χ2n) is 5.90. The van der Waals surface area contributed by atoms with Crippen LogP contribution in [0.4, 0.5) is 5.69 Å². The fraction of sp³-hybridized carbons (Fsp3) is 0.333. The summed E-state index contributed by atoms with van der Waals surface area (Å²) in [5, 5.41) is 14.1. The van der Waals surface area contributed by atoms with Crippen LogP contribution in [-0.4, -0.2) is 11.7 Å². The Balaban J connectivity index is 2.44. The molecule has 0 saturated carbocycles. The van der Waals surface area contributed by atoms with Gasteiger partial charge in [-0.05, 0) is 68.7 Å². The Morgan fingerprint density at radius 3 is 2.05 bits per heavy atom. The molecule has 0 fully saturated rings. The average molecular weight is 304 g/mol. The largest absolute Gasteiger partial charge is 0.394 e. The van der Waals surface area contributed by atoms with E-state index in [0.717, 1.165) is 11.3 Å². The SMILES string of the molecule is Cc1cc(C)c(C(C)(CO)Nc2ccc(Cl)cc2)c(C)c1. The lowest BCUT2D eigenvalue weighted by molar-refractivity contribution is 0.223. The Labute approximate surface area is 131 Å². The van der Waals surface area contributed by atoms with Crippen LogP contribution in [0.1, 0.15) is 29.2 Å². The number of aryl methyl sites for hydroxylation is 3. The van der Waals surface area contributed by atoms with Gasteiger partial charge in [0.15, 0.2) is 0 Å². The van der Waals surface area contributed by atoms with Gasteiger partial charge in [-0.25, -0.2) is 0 Å². The number of hydrogen-bond donors (Lipinski definition) is 2. The molecule has 0 aliphatic heterocycles. The van der Waals surface area contributed by atoms with E-state index in [1.165, 1.54) is 16.7 Å². The Bertz CT molecular complexity index is 613. The first-order valence-electron chi connectivity index (χ1n) is 7.08. The fourth-order valence-electron chi connectivity index (χ4n) is 3.08. The smallest absolute Gasteiger partial charge is 0.0833 e. The minimum Gasteiger partial charge on any atom is -0.394 e. The molecule has 21 heavy (non-hydrogen) atoms. The Morgan fingerprint density at radius 2 is 1.57 bits per heavy atom. The molecule has 0 bridgehead atoms. The summed E-state index contributed by atoms with van der Waals surface area (Å²) in [5.41, 5.74) is 5.16.